The largest absolute Gasteiger partial charge is 0.444 e. The molecule has 2 aromatic rings. The molecule has 0 aromatic heterocycles. The highest BCUT2D eigenvalue weighted by Crippen LogP contribution is 2.42. The minimum atomic E-state index is -0.414. The highest BCUT2D eigenvalue weighted by Gasteiger charge is 2.46. The van der Waals surface area contributed by atoms with E-state index < -0.39 is 5.60 Å². The summed E-state index contributed by atoms with van der Waals surface area (Å²) in [4.78, 5) is 41.0. The van der Waals surface area contributed by atoms with Gasteiger partial charge in [0.15, 0.2) is 6.29 Å². The fourth-order valence-electron chi connectivity index (χ4n) is 8.73. The predicted molar refractivity (Wildman–Crippen MR) is 219 cm³/mol. The van der Waals surface area contributed by atoms with E-state index in [0.29, 0.717) is 10.8 Å². The number of benzene rings is 2. The van der Waals surface area contributed by atoms with E-state index in [1.165, 1.54) is 35.2 Å². The lowest BCUT2D eigenvalue weighted by molar-refractivity contribution is -0.0550. The maximum Gasteiger partial charge on any atom is 0.410 e. The van der Waals surface area contributed by atoms with Gasteiger partial charge in [0.2, 0.25) is 0 Å². The molecule has 11 heteroatoms. The number of hydrogen-bond acceptors (Lipinski definition) is 9. The fourth-order valence-corrected chi connectivity index (χ4v) is 8.73. The fraction of sp³-hybridized carbons (Fsp3) is 0.659. The maximum absolute atomic E-state index is 12.3. The van der Waals surface area contributed by atoms with Gasteiger partial charge in [-0.1, -0.05) is 30.3 Å². The molecule has 0 aliphatic carbocycles. The van der Waals surface area contributed by atoms with Crippen LogP contribution in [0, 0.1) is 10.8 Å². The number of para-hydroxylation sites is 2. The van der Waals surface area contributed by atoms with Gasteiger partial charge in [0.25, 0.3) is 0 Å². The molecule has 4 saturated heterocycles. The van der Waals surface area contributed by atoms with Crippen LogP contribution in [0.2, 0.25) is 0 Å². The molecule has 302 valence electrons. The third-order valence-corrected chi connectivity index (χ3v) is 11.9. The number of carbonyl (C=O) groups is 3. The van der Waals surface area contributed by atoms with Gasteiger partial charge < -0.3 is 35.2 Å². The van der Waals surface area contributed by atoms with E-state index in [-0.39, 0.29) is 17.8 Å². The van der Waals surface area contributed by atoms with Gasteiger partial charge in [-0.3, -0.25) is 9.69 Å². The number of likely N-dealkylation sites (tertiary alicyclic amines) is 3. The standard InChI is InChI=1S/C22H33N3O2.C12H22N2O2.C10H11NO/c1-21(2,3)27-20(26)25-12-9-22(10-13-25)15-24(16-22)14-18-7-4-6-17-8-5-11-23-19(17)18;1-11(2,3)16-10(15)14-6-4-12(5-7-14)8-13-9-12;12-7-9-4-1-3-8-5-2-6-11-10(8)9/h4,6-7,23H,5,8-16H2,1-3H3;13H,4-9H2,1-3H3;1,3-4,7,11H,2,5-6H2. The summed E-state index contributed by atoms with van der Waals surface area (Å²) in [5.74, 6) is 0. The van der Waals surface area contributed by atoms with Crippen LogP contribution >= 0.6 is 0 Å². The third-order valence-electron chi connectivity index (χ3n) is 11.9. The van der Waals surface area contributed by atoms with Gasteiger partial charge in [-0.05, 0) is 126 Å². The first-order valence-electron chi connectivity index (χ1n) is 20.7. The number of amides is 2. The van der Waals surface area contributed by atoms with E-state index in [2.05, 4.69) is 45.1 Å². The Balaban J connectivity index is 0.000000155. The summed E-state index contributed by atoms with van der Waals surface area (Å²) < 4.78 is 10.9. The van der Waals surface area contributed by atoms with Crippen molar-refractivity contribution < 1.29 is 23.9 Å². The molecule has 0 saturated carbocycles. The van der Waals surface area contributed by atoms with Crippen molar-refractivity contribution in [2.75, 3.05) is 76.1 Å². The van der Waals surface area contributed by atoms with Gasteiger partial charge in [0, 0.05) is 88.9 Å². The second kappa shape index (κ2) is 17.1. The molecule has 6 heterocycles. The third kappa shape index (κ3) is 10.7. The average Bonchev–Trinajstić information content (AvgIpc) is 3.13. The number of aryl methyl sites for hydroxylation is 2. The summed E-state index contributed by atoms with van der Waals surface area (Å²) in [6.07, 6.45) is 9.68. The van der Waals surface area contributed by atoms with Gasteiger partial charge in [0.1, 0.15) is 11.2 Å². The molecule has 55 heavy (non-hydrogen) atoms. The zero-order valence-corrected chi connectivity index (χ0v) is 34.4. The molecule has 6 aliphatic heterocycles. The number of aldehydes is 1. The van der Waals surface area contributed by atoms with Gasteiger partial charge in [0.05, 0.1) is 0 Å². The second-order valence-corrected chi connectivity index (χ2v) is 18.7. The van der Waals surface area contributed by atoms with Crippen LogP contribution in [0.15, 0.2) is 36.4 Å². The van der Waals surface area contributed by atoms with E-state index in [1.807, 2.05) is 63.5 Å². The van der Waals surface area contributed by atoms with E-state index in [9.17, 15) is 14.4 Å². The van der Waals surface area contributed by atoms with E-state index in [0.717, 1.165) is 128 Å². The molecule has 4 fully saturated rings. The molecule has 2 aromatic carbocycles. The number of nitrogens with zero attached hydrogens (tertiary/aromatic N) is 3. The Hall–Kier alpha value is -3.83. The quantitative estimate of drug-likeness (QED) is 0.277. The molecule has 0 unspecified atom stereocenters. The first kappa shape index (κ1) is 40.8. The Morgan fingerprint density at radius 3 is 1.69 bits per heavy atom. The first-order valence-corrected chi connectivity index (χ1v) is 20.7. The number of ether oxygens (including phenoxy) is 2. The average molecular weight is 759 g/mol. The highest BCUT2D eigenvalue weighted by atomic mass is 16.6. The lowest BCUT2D eigenvalue weighted by Crippen LogP contribution is -2.60. The summed E-state index contributed by atoms with van der Waals surface area (Å²) in [5.41, 5.74) is 7.47. The SMILES string of the molecule is CC(C)(C)OC(=O)N1CCC2(CC1)CN(Cc1cccc3c1NCCC3)C2.CC(C)(C)OC(=O)N1CCC2(CC1)CNC2.O=Cc1cccc2c1NCCC2. The van der Waals surface area contributed by atoms with Crippen molar-refractivity contribution in [1.29, 1.82) is 0 Å². The number of nitrogens with one attached hydrogen (secondary N) is 3. The van der Waals surface area contributed by atoms with Crippen LogP contribution in [0.4, 0.5) is 21.0 Å². The van der Waals surface area contributed by atoms with Crippen LogP contribution in [0.1, 0.15) is 107 Å². The molecule has 8 rings (SSSR count). The topological polar surface area (TPSA) is 115 Å². The van der Waals surface area contributed by atoms with Crippen molar-refractivity contribution in [3.05, 3.63) is 58.7 Å². The normalized spacial score (nSPS) is 21.0. The summed E-state index contributed by atoms with van der Waals surface area (Å²) in [6.45, 7) is 22.5. The van der Waals surface area contributed by atoms with Crippen LogP contribution in [-0.2, 0) is 28.9 Å². The lowest BCUT2D eigenvalue weighted by atomic mass is 9.72. The number of carbonyl (C=O) groups excluding carboxylic acids is 3. The lowest BCUT2D eigenvalue weighted by Gasteiger charge is -2.54. The molecule has 2 spiro atoms. The van der Waals surface area contributed by atoms with Crippen molar-refractivity contribution in [2.45, 2.75) is 111 Å². The molecule has 0 bridgehead atoms. The molecular weight excluding hydrogens is 693 g/mol. The molecule has 3 N–H and O–H groups in total. The van der Waals surface area contributed by atoms with Crippen molar-refractivity contribution in [3.8, 4) is 0 Å². The summed E-state index contributed by atoms with van der Waals surface area (Å²) in [6, 6.07) is 12.6. The smallest absolute Gasteiger partial charge is 0.410 e. The minimum absolute atomic E-state index is 0.157. The Bertz CT molecular complexity index is 1630. The number of rotatable bonds is 3. The van der Waals surface area contributed by atoms with Crippen LogP contribution in [0.3, 0.4) is 0 Å². The maximum atomic E-state index is 12.3. The Morgan fingerprint density at radius 2 is 1.20 bits per heavy atom. The summed E-state index contributed by atoms with van der Waals surface area (Å²) >= 11 is 0. The van der Waals surface area contributed by atoms with Gasteiger partial charge in [-0.25, -0.2) is 9.59 Å². The van der Waals surface area contributed by atoms with Crippen molar-refractivity contribution in [2.24, 2.45) is 10.8 Å². The zero-order chi connectivity index (χ0) is 39.3. The minimum Gasteiger partial charge on any atom is -0.444 e. The predicted octanol–water partition coefficient (Wildman–Crippen LogP) is 7.34. The number of piperidine rings is 2. The van der Waals surface area contributed by atoms with Crippen LogP contribution < -0.4 is 16.0 Å². The molecule has 0 atom stereocenters. The van der Waals surface area contributed by atoms with Crippen LogP contribution in [0.5, 0.6) is 0 Å². The van der Waals surface area contributed by atoms with Crippen molar-refractivity contribution in [1.82, 2.24) is 20.0 Å². The molecule has 2 amide bonds. The summed E-state index contributed by atoms with van der Waals surface area (Å²) in [5, 5.41) is 10.2. The van der Waals surface area contributed by atoms with E-state index >= 15 is 0 Å². The molecule has 11 nitrogen and oxygen atoms in total. The Morgan fingerprint density at radius 1 is 0.709 bits per heavy atom. The van der Waals surface area contributed by atoms with Crippen molar-refractivity contribution in [3.63, 3.8) is 0 Å². The molecular formula is C44H66N6O5. The van der Waals surface area contributed by atoms with Gasteiger partial charge in [-0.2, -0.15) is 0 Å². The molecule has 0 radical (unpaired) electrons. The summed E-state index contributed by atoms with van der Waals surface area (Å²) in [7, 11) is 0. The van der Waals surface area contributed by atoms with Crippen molar-refractivity contribution >= 4 is 29.8 Å². The van der Waals surface area contributed by atoms with Gasteiger partial charge in [-0.15, -0.1) is 0 Å². The van der Waals surface area contributed by atoms with E-state index in [4.69, 9.17) is 9.47 Å². The number of fused-ring (bicyclic) bond motifs is 2. The highest BCUT2D eigenvalue weighted by molar-refractivity contribution is 5.85. The van der Waals surface area contributed by atoms with Gasteiger partial charge >= 0.3 is 12.2 Å². The van der Waals surface area contributed by atoms with Crippen LogP contribution in [0.25, 0.3) is 0 Å². The Labute approximate surface area is 329 Å². The first-order chi connectivity index (χ1) is 26.2. The zero-order valence-electron chi connectivity index (χ0n) is 34.4. The number of hydrogen-bond donors (Lipinski definition) is 3. The Kier molecular flexibility index (Phi) is 12.7. The second-order valence-electron chi connectivity index (χ2n) is 18.7. The van der Waals surface area contributed by atoms with Crippen LogP contribution in [-0.4, -0.2) is 110 Å². The monoisotopic (exact) mass is 759 g/mol. The number of anilines is 2. The van der Waals surface area contributed by atoms with E-state index in [1.54, 1.807) is 0 Å². The molecule has 6 aliphatic rings.